The number of fused-ring (bicyclic) bond motifs is 1. The van der Waals surface area contributed by atoms with Crippen molar-refractivity contribution in [3.8, 4) is 11.5 Å². The van der Waals surface area contributed by atoms with Gasteiger partial charge in [0, 0.05) is 16.0 Å². The van der Waals surface area contributed by atoms with Crippen LogP contribution in [0.3, 0.4) is 0 Å². The average molecular weight is 604 g/mol. The molecule has 0 N–H and O–H groups in total. The lowest BCUT2D eigenvalue weighted by Gasteiger charge is -2.45. The summed E-state index contributed by atoms with van der Waals surface area (Å²) >= 11 is 9.00. The van der Waals surface area contributed by atoms with E-state index < -0.39 is 5.54 Å². The maximum absolute atomic E-state index is 13.7. The molecule has 9 heteroatoms. The number of thioether (sulfide) groups is 2. The lowest BCUT2D eigenvalue weighted by molar-refractivity contribution is -0.137. The van der Waals surface area contributed by atoms with Gasteiger partial charge in [0.25, 0.3) is 5.91 Å². The van der Waals surface area contributed by atoms with Gasteiger partial charge in [0.1, 0.15) is 16.4 Å². The number of amides is 1. The first kappa shape index (κ1) is 29.0. The number of carbonyl (C=O) groups is 2. The smallest absolute Gasteiger partial charge is 0.346 e. The molecule has 5 rings (SSSR count). The molecule has 0 aliphatic carbocycles. The first-order valence-corrected chi connectivity index (χ1v) is 15.1. The summed E-state index contributed by atoms with van der Waals surface area (Å²) in [6, 6.07) is 24.6. The fraction of sp³-hybridized carbons (Fsp3) is 0.219. The molecule has 0 saturated heterocycles. The van der Waals surface area contributed by atoms with E-state index in [1.54, 1.807) is 18.9 Å². The molecule has 0 unspecified atom stereocenters. The molecule has 0 fully saturated rings. The summed E-state index contributed by atoms with van der Waals surface area (Å²) in [5.74, 6) is 0.646. The molecular formula is C32H29NO5S3. The third-order valence-corrected chi connectivity index (χ3v) is 10.0. The number of thiocarbonyl (C=S) groups is 1. The molecule has 0 atom stereocenters. The number of carbonyl (C=O) groups excluding carboxylic acids is 2. The second-order valence-electron chi connectivity index (χ2n) is 9.71. The van der Waals surface area contributed by atoms with Gasteiger partial charge in [0.15, 0.2) is 6.61 Å². The highest BCUT2D eigenvalue weighted by Gasteiger charge is 2.46. The van der Waals surface area contributed by atoms with Gasteiger partial charge in [-0.3, -0.25) is 9.69 Å². The van der Waals surface area contributed by atoms with Crippen molar-refractivity contribution >= 4 is 68.6 Å². The molecule has 210 valence electrons. The molecule has 0 saturated carbocycles. The molecule has 2 aliphatic heterocycles. The largest absolute Gasteiger partial charge is 0.497 e. The number of benzene rings is 3. The first-order chi connectivity index (χ1) is 19.8. The molecule has 3 aromatic rings. The van der Waals surface area contributed by atoms with Gasteiger partial charge >= 0.3 is 5.97 Å². The summed E-state index contributed by atoms with van der Waals surface area (Å²) in [5, 5.41) is 0. The minimum absolute atomic E-state index is 0.149. The molecule has 3 aromatic carbocycles. The molecule has 41 heavy (non-hydrogen) atoms. The van der Waals surface area contributed by atoms with Crippen molar-refractivity contribution in [3.63, 3.8) is 0 Å². The third-order valence-electron chi connectivity index (χ3n) is 6.71. The summed E-state index contributed by atoms with van der Waals surface area (Å²) in [5.41, 5.74) is 2.31. The van der Waals surface area contributed by atoms with Crippen LogP contribution in [0.15, 0.2) is 88.0 Å². The fourth-order valence-corrected chi connectivity index (χ4v) is 7.89. The van der Waals surface area contributed by atoms with Crippen LogP contribution in [-0.4, -0.2) is 42.6 Å². The fourth-order valence-electron chi connectivity index (χ4n) is 4.75. The van der Waals surface area contributed by atoms with Gasteiger partial charge in [-0.25, -0.2) is 4.79 Å². The first-order valence-electron chi connectivity index (χ1n) is 13.1. The SMILES string of the molecule is CCOC(=O)C1=C(c2ccccc2)S/C(=C2\C(=S)C(C)(C)N(C(=O)COc3ccccc3)c3ccc(OC)cc32)S1. The maximum atomic E-state index is 13.7. The minimum Gasteiger partial charge on any atom is -0.497 e. The number of hydrogen-bond donors (Lipinski definition) is 0. The van der Waals surface area contributed by atoms with Crippen LogP contribution in [0.1, 0.15) is 31.9 Å². The van der Waals surface area contributed by atoms with Crippen LogP contribution in [0, 0.1) is 0 Å². The highest BCUT2D eigenvalue weighted by atomic mass is 32.2. The lowest BCUT2D eigenvalue weighted by atomic mass is 9.83. The Hall–Kier alpha value is -3.53. The van der Waals surface area contributed by atoms with Gasteiger partial charge < -0.3 is 14.2 Å². The van der Waals surface area contributed by atoms with Crippen molar-refractivity contribution in [2.75, 3.05) is 25.2 Å². The minimum atomic E-state index is -0.864. The highest BCUT2D eigenvalue weighted by molar-refractivity contribution is 8.32. The van der Waals surface area contributed by atoms with Gasteiger partial charge in [0.2, 0.25) is 0 Å². The van der Waals surface area contributed by atoms with Crippen LogP contribution in [0.2, 0.25) is 0 Å². The number of para-hydroxylation sites is 1. The third kappa shape index (κ3) is 5.66. The molecule has 6 nitrogen and oxygen atoms in total. The van der Waals surface area contributed by atoms with Crippen molar-refractivity contribution in [2.24, 2.45) is 0 Å². The molecule has 2 heterocycles. The zero-order chi connectivity index (χ0) is 29.1. The Labute approximate surface area is 253 Å². The van der Waals surface area contributed by atoms with Gasteiger partial charge in [-0.05, 0) is 56.7 Å². The van der Waals surface area contributed by atoms with Crippen molar-refractivity contribution in [3.05, 3.63) is 99.1 Å². The normalized spacial score (nSPS) is 17.8. The van der Waals surface area contributed by atoms with Crippen LogP contribution in [-0.2, 0) is 14.3 Å². The van der Waals surface area contributed by atoms with Gasteiger partial charge in [-0.1, -0.05) is 84.3 Å². The van der Waals surface area contributed by atoms with E-state index in [1.807, 2.05) is 92.7 Å². The lowest BCUT2D eigenvalue weighted by Crippen LogP contribution is -2.57. The van der Waals surface area contributed by atoms with E-state index in [-0.39, 0.29) is 25.1 Å². The predicted molar refractivity (Wildman–Crippen MR) is 171 cm³/mol. The molecular weight excluding hydrogens is 575 g/mol. The predicted octanol–water partition coefficient (Wildman–Crippen LogP) is 7.35. The van der Waals surface area contributed by atoms with E-state index in [2.05, 4.69) is 0 Å². The second kappa shape index (κ2) is 12.1. The van der Waals surface area contributed by atoms with Crippen molar-refractivity contribution < 1.29 is 23.8 Å². The highest BCUT2D eigenvalue weighted by Crippen LogP contribution is 2.58. The summed E-state index contributed by atoms with van der Waals surface area (Å²) in [7, 11) is 1.60. The summed E-state index contributed by atoms with van der Waals surface area (Å²) in [6.07, 6.45) is 0. The summed E-state index contributed by atoms with van der Waals surface area (Å²) in [6.45, 7) is 5.79. The standard InChI is InChI=1S/C32H29NO5S3/c1-5-37-30(35)28-27(20-12-8-6-9-13-20)40-31(41-28)26-23-18-22(36-4)16-17-24(23)33(32(2,3)29(26)39)25(34)19-38-21-14-10-7-11-15-21/h6-18H,5,19H2,1-4H3/b31-26+. The van der Waals surface area contributed by atoms with Gasteiger partial charge in [-0.2, -0.15) is 0 Å². The van der Waals surface area contributed by atoms with E-state index in [9.17, 15) is 9.59 Å². The molecule has 1 amide bonds. The quantitative estimate of drug-likeness (QED) is 0.158. The van der Waals surface area contributed by atoms with Crippen molar-refractivity contribution in [2.45, 2.75) is 26.3 Å². The zero-order valence-corrected chi connectivity index (χ0v) is 25.6. The second-order valence-corrected chi connectivity index (χ2v) is 12.4. The van der Waals surface area contributed by atoms with Crippen LogP contribution in [0.5, 0.6) is 11.5 Å². The van der Waals surface area contributed by atoms with Gasteiger partial charge in [-0.15, -0.1) is 0 Å². The molecule has 0 spiro atoms. The van der Waals surface area contributed by atoms with Crippen LogP contribution in [0.4, 0.5) is 5.69 Å². The Kier molecular flexibility index (Phi) is 8.58. The summed E-state index contributed by atoms with van der Waals surface area (Å²) in [4.78, 5) is 30.5. The van der Waals surface area contributed by atoms with Gasteiger partial charge in [0.05, 0.1) is 34.0 Å². The number of ether oxygens (including phenoxy) is 3. The number of anilines is 1. The van der Waals surface area contributed by atoms with E-state index in [0.29, 0.717) is 27.0 Å². The van der Waals surface area contributed by atoms with E-state index in [4.69, 9.17) is 26.4 Å². The van der Waals surface area contributed by atoms with Crippen molar-refractivity contribution in [1.82, 2.24) is 0 Å². The number of rotatable bonds is 7. The molecule has 0 radical (unpaired) electrons. The van der Waals surface area contributed by atoms with E-state index in [0.717, 1.165) is 25.8 Å². The molecule has 0 bridgehead atoms. The van der Waals surface area contributed by atoms with Crippen LogP contribution in [0.25, 0.3) is 10.5 Å². The summed E-state index contributed by atoms with van der Waals surface area (Å²) < 4.78 is 17.7. The Bertz CT molecular complexity index is 1560. The number of nitrogens with zero attached hydrogens (tertiary/aromatic N) is 1. The Balaban J connectivity index is 1.60. The average Bonchev–Trinajstić information content (AvgIpc) is 3.43. The Morgan fingerprint density at radius 3 is 2.27 bits per heavy atom. The Morgan fingerprint density at radius 1 is 0.927 bits per heavy atom. The Morgan fingerprint density at radius 2 is 1.61 bits per heavy atom. The molecule has 0 aromatic heterocycles. The molecule has 2 aliphatic rings. The maximum Gasteiger partial charge on any atom is 0.346 e. The number of esters is 1. The zero-order valence-electron chi connectivity index (χ0n) is 23.1. The topological polar surface area (TPSA) is 65.1 Å². The van der Waals surface area contributed by atoms with E-state index in [1.165, 1.54) is 23.5 Å². The van der Waals surface area contributed by atoms with Crippen molar-refractivity contribution in [1.29, 1.82) is 0 Å². The van der Waals surface area contributed by atoms with E-state index >= 15 is 0 Å². The number of methoxy groups -OCH3 is 1. The van der Waals surface area contributed by atoms with Crippen LogP contribution < -0.4 is 14.4 Å². The monoisotopic (exact) mass is 603 g/mol. The number of hydrogen-bond acceptors (Lipinski definition) is 8. The van der Waals surface area contributed by atoms with Crippen LogP contribution >= 0.6 is 35.7 Å².